The molecule has 0 heterocycles. The van der Waals surface area contributed by atoms with Crippen LogP contribution in [0.3, 0.4) is 0 Å². The third kappa shape index (κ3) is 4.40. The molecule has 0 aliphatic carbocycles. The summed E-state index contributed by atoms with van der Waals surface area (Å²) in [7, 11) is 0. The molecule has 0 saturated carbocycles. The Kier molecular flexibility index (Phi) is 4.54. The van der Waals surface area contributed by atoms with Crippen molar-refractivity contribution >= 4 is 12.0 Å². The van der Waals surface area contributed by atoms with Gasteiger partial charge in [0, 0.05) is 12.6 Å². The summed E-state index contributed by atoms with van der Waals surface area (Å²) in [5.74, 6) is -0.399. The third-order valence-corrected chi connectivity index (χ3v) is 1.85. The first-order valence-corrected chi connectivity index (χ1v) is 4.94. The van der Waals surface area contributed by atoms with Gasteiger partial charge >= 0.3 is 0 Å². The predicted molar refractivity (Wildman–Crippen MR) is 58.7 cm³/mol. The summed E-state index contributed by atoms with van der Waals surface area (Å²) in [6.45, 7) is 2.66. The lowest BCUT2D eigenvalue weighted by atomic mass is 10.2. The highest BCUT2D eigenvalue weighted by atomic mass is 19.1. The van der Waals surface area contributed by atoms with Crippen molar-refractivity contribution in [3.05, 3.63) is 41.7 Å². The number of rotatable bonds is 4. The van der Waals surface area contributed by atoms with Gasteiger partial charge in [0.15, 0.2) is 0 Å². The SMILES string of the molecule is CCCNC(=O)C=Cc1ccc(F)cc1. The molecule has 0 bridgehead atoms. The van der Waals surface area contributed by atoms with Crippen molar-refractivity contribution in [1.29, 1.82) is 0 Å². The second-order valence-corrected chi connectivity index (χ2v) is 3.18. The molecule has 0 atom stereocenters. The van der Waals surface area contributed by atoms with Gasteiger partial charge in [-0.15, -0.1) is 0 Å². The van der Waals surface area contributed by atoms with E-state index in [1.54, 1.807) is 18.2 Å². The smallest absolute Gasteiger partial charge is 0.243 e. The molecule has 2 nitrogen and oxygen atoms in total. The number of carbonyl (C=O) groups excluding carboxylic acids is 1. The van der Waals surface area contributed by atoms with Gasteiger partial charge in [-0.3, -0.25) is 4.79 Å². The molecule has 0 saturated heterocycles. The van der Waals surface area contributed by atoms with Crippen molar-refractivity contribution in [1.82, 2.24) is 5.32 Å². The summed E-state index contributed by atoms with van der Waals surface area (Å²) in [5.41, 5.74) is 0.808. The molecule has 0 unspecified atom stereocenters. The van der Waals surface area contributed by atoms with E-state index in [9.17, 15) is 9.18 Å². The maximum atomic E-state index is 12.5. The largest absolute Gasteiger partial charge is 0.353 e. The monoisotopic (exact) mass is 207 g/mol. The molecule has 3 heteroatoms. The lowest BCUT2D eigenvalue weighted by molar-refractivity contribution is -0.116. The molecule has 0 aromatic heterocycles. The van der Waals surface area contributed by atoms with E-state index in [4.69, 9.17) is 0 Å². The number of amides is 1. The number of halogens is 1. The maximum absolute atomic E-state index is 12.5. The average molecular weight is 207 g/mol. The standard InChI is InChI=1S/C12H14FNO/c1-2-9-14-12(15)8-5-10-3-6-11(13)7-4-10/h3-8H,2,9H2,1H3,(H,14,15). The van der Waals surface area contributed by atoms with Crippen LogP contribution in [0.2, 0.25) is 0 Å². The summed E-state index contributed by atoms with van der Waals surface area (Å²) in [5, 5.41) is 2.71. The predicted octanol–water partition coefficient (Wildman–Crippen LogP) is 2.37. The molecular weight excluding hydrogens is 193 g/mol. The Labute approximate surface area is 88.8 Å². The van der Waals surface area contributed by atoms with Crippen LogP contribution in [0.25, 0.3) is 6.08 Å². The summed E-state index contributed by atoms with van der Waals surface area (Å²) in [6.07, 6.45) is 4.02. The second kappa shape index (κ2) is 5.96. The molecule has 15 heavy (non-hydrogen) atoms. The zero-order valence-corrected chi connectivity index (χ0v) is 8.66. The first-order chi connectivity index (χ1) is 7.22. The fraction of sp³-hybridized carbons (Fsp3) is 0.250. The highest BCUT2D eigenvalue weighted by Gasteiger charge is 1.93. The molecule has 0 radical (unpaired) electrons. The summed E-state index contributed by atoms with van der Waals surface area (Å²) >= 11 is 0. The zero-order valence-electron chi connectivity index (χ0n) is 8.66. The first kappa shape index (κ1) is 11.4. The molecule has 1 N–H and O–H groups in total. The van der Waals surface area contributed by atoms with Crippen LogP contribution in [0.5, 0.6) is 0 Å². The number of nitrogens with one attached hydrogen (secondary N) is 1. The topological polar surface area (TPSA) is 29.1 Å². The van der Waals surface area contributed by atoms with E-state index in [0.717, 1.165) is 12.0 Å². The van der Waals surface area contributed by atoms with Crippen molar-refractivity contribution in [2.45, 2.75) is 13.3 Å². The van der Waals surface area contributed by atoms with Gasteiger partial charge in [-0.1, -0.05) is 19.1 Å². The maximum Gasteiger partial charge on any atom is 0.243 e. The fourth-order valence-electron chi connectivity index (χ4n) is 1.05. The highest BCUT2D eigenvalue weighted by molar-refractivity contribution is 5.91. The number of hydrogen-bond acceptors (Lipinski definition) is 1. The Hall–Kier alpha value is -1.64. The van der Waals surface area contributed by atoms with Crippen molar-refractivity contribution in [3.8, 4) is 0 Å². The fourth-order valence-corrected chi connectivity index (χ4v) is 1.05. The van der Waals surface area contributed by atoms with Crippen LogP contribution in [0.15, 0.2) is 30.3 Å². The van der Waals surface area contributed by atoms with Crippen molar-refractivity contribution in [2.75, 3.05) is 6.54 Å². The van der Waals surface area contributed by atoms with Crippen LogP contribution < -0.4 is 5.32 Å². The number of carbonyl (C=O) groups is 1. The van der Waals surface area contributed by atoms with E-state index in [1.807, 2.05) is 6.92 Å². The Morgan fingerprint density at radius 1 is 1.40 bits per heavy atom. The van der Waals surface area contributed by atoms with Crippen LogP contribution in [-0.2, 0) is 4.79 Å². The van der Waals surface area contributed by atoms with Gasteiger partial charge < -0.3 is 5.32 Å². The molecule has 0 aliphatic rings. The van der Waals surface area contributed by atoms with Gasteiger partial charge in [-0.05, 0) is 30.2 Å². The average Bonchev–Trinajstić information content (AvgIpc) is 2.25. The van der Waals surface area contributed by atoms with E-state index in [0.29, 0.717) is 6.54 Å². The van der Waals surface area contributed by atoms with E-state index in [-0.39, 0.29) is 11.7 Å². The molecule has 1 aromatic rings. The van der Waals surface area contributed by atoms with Gasteiger partial charge in [0.1, 0.15) is 5.82 Å². The van der Waals surface area contributed by atoms with Gasteiger partial charge in [-0.2, -0.15) is 0 Å². The number of benzene rings is 1. The minimum Gasteiger partial charge on any atom is -0.353 e. The highest BCUT2D eigenvalue weighted by Crippen LogP contribution is 2.04. The second-order valence-electron chi connectivity index (χ2n) is 3.18. The van der Waals surface area contributed by atoms with Crippen molar-refractivity contribution in [3.63, 3.8) is 0 Å². The Morgan fingerprint density at radius 2 is 2.07 bits per heavy atom. The normalized spacial score (nSPS) is 10.5. The van der Waals surface area contributed by atoms with E-state index in [1.165, 1.54) is 18.2 Å². The van der Waals surface area contributed by atoms with E-state index >= 15 is 0 Å². The summed E-state index contributed by atoms with van der Waals surface area (Å²) in [6, 6.07) is 5.98. The lowest BCUT2D eigenvalue weighted by Crippen LogP contribution is -2.21. The van der Waals surface area contributed by atoms with Crippen LogP contribution >= 0.6 is 0 Å². The molecule has 1 aromatic carbocycles. The minimum absolute atomic E-state index is 0.124. The molecule has 80 valence electrons. The van der Waals surface area contributed by atoms with Gasteiger partial charge in [0.2, 0.25) is 5.91 Å². The summed E-state index contributed by atoms with van der Waals surface area (Å²) < 4.78 is 12.5. The first-order valence-electron chi connectivity index (χ1n) is 4.94. The van der Waals surface area contributed by atoms with E-state index in [2.05, 4.69) is 5.32 Å². The molecule has 0 spiro atoms. The van der Waals surface area contributed by atoms with Gasteiger partial charge in [-0.25, -0.2) is 4.39 Å². The third-order valence-electron chi connectivity index (χ3n) is 1.85. The Morgan fingerprint density at radius 3 is 2.67 bits per heavy atom. The molecule has 1 amide bonds. The molecule has 1 rings (SSSR count). The molecular formula is C12H14FNO. The van der Waals surface area contributed by atoms with Crippen LogP contribution in [0.4, 0.5) is 4.39 Å². The van der Waals surface area contributed by atoms with Crippen molar-refractivity contribution < 1.29 is 9.18 Å². The molecule has 0 fully saturated rings. The Balaban J connectivity index is 2.50. The van der Waals surface area contributed by atoms with Gasteiger partial charge in [0.25, 0.3) is 0 Å². The number of hydrogen-bond donors (Lipinski definition) is 1. The van der Waals surface area contributed by atoms with Crippen LogP contribution in [-0.4, -0.2) is 12.5 Å². The van der Waals surface area contributed by atoms with Crippen LogP contribution in [0.1, 0.15) is 18.9 Å². The Bertz CT molecular complexity index is 343. The zero-order chi connectivity index (χ0) is 11.1. The lowest BCUT2D eigenvalue weighted by Gasteiger charge is -1.97. The minimum atomic E-state index is -0.275. The van der Waals surface area contributed by atoms with Crippen molar-refractivity contribution in [2.24, 2.45) is 0 Å². The van der Waals surface area contributed by atoms with E-state index < -0.39 is 0 Å². The van der Waals surface area contributed by atoms with Crippen LogP contribution in [0, 0.1) is 5.82 Å². The van der Waals surface area contributed by atoms with Gasteiger partial charge in [0.05, 0.1) is 0 Å². The molecule has 0 aliphatic heterocycles. The summed E-state index contributed by atoms with van der Waals surface area (Å²) in [4.78, 5) is 11.2. The quantitative estimate of drug-likeness (QED) is 0.754.